The number of nitrogens with zero attached hydrogens (tertiary/aromatic N) is 1. The van der Waals surface area contributed by atoms with E-state index in [0.29, 0.717) is 5.56 Å². The molecule has 5 heteroatoms. The number of alkyl halides is 2. The van der Waals surface area contributed by atoms with E-state index >= 15 is 0 Å². The first-order valence-electron chi connectivity index (χ1n) is 4.20. The van der Waals surface area contributed by atoms with Crippen molar-refractivity contribution in [3.63, 3.8) is 0 Å². The minimum Gasteiger partial charge on any atom is -0.507 e. The van der Waals surface area contributed by atoms with E-state index in [1.165, 1.54) is 18.2 Å². The summed E-state index contributed by atoms with van der Waals surface area (Å²) in [5.41, 5.74) is 0.346. The van der Waals surface area contributed by atoms with Crippen LogP contribution in [-0.4, -0.2) is 11.2 Å². The SMILES string of the molecule is Cc1cc(CN=C=O)c(O)c(C(F)F)c1. The van der Waals surface area contributed by atoms with Crippen molar-refractivity contribution in [2.75, 3.05) is 0 Å². The Hall–Kier alpha value is -1.74. The van der Waals surface area contributed by atoms with Crippen LogP contribution in [0.25, 0.3) is 0 Å². The average molecular weight is 213 g/mol. The van der Waals surface area contributed by atoms with E-state index in [-0.39, 0.29) is 12.1 Å². The molecule has 0 radical (unpaired) electrons. The van der Waals surface area contributed by atoms with Crippen LogP contribution in [0.15, 0.2) is 17.1 Å². The van der Waals surface area contributed by atoms with Gasteiger partial charge < -0.3 is 5.11 Å². The quantitative estimate of drug-likeness (QED) is 0.619. The molecule has 0 unspecified atom stereocenters. The topological polar surface area (TPSA) is 49.7 Å². The highest BCUT2D eigenvalue weighted by atomic mass is 19.3. The van der Waals surface area contributed by atoms with E-state index in [9.17, 15) is 18.7 Å². The molecule has 15 heavy (non-hydrogen) atoms. The van der Waals surface area contributed by atoms with E-state index in [0.717, 1.165) is 0 Å². The molecule has 3 nitrogen and oxygen atoms in total. The lowest BCUT2D eigenvalue weighted by Gasteiger charge is -2.08. The van der Waals surface area contributed by atoms with Gasteiger partial charge in [-0.25, -0.2) is 18.6 Å². The summed E-state index contributed by atoms with van der Waals surface area (Å²) in [5, 5.41) is 9.44. The number of carbonyl (C=O) groups excluding carboxylic acids is 1. The lowest BCUT2D eigenvalue weighted by Crippen LogP contribution is -1.93. The molecule has 0 amide bonds. The molecule has 0 fully saturated rings. The first-order chi connectivity index (χ1) is 7.06. The summed E-state index contributed by atoms with van der Waals surface area (Å²) in [7, 11) is 0. The van der Waals surface area contributed by atoms with Crippen molar-refractivity contribution >= 4 is 6.08 Å². The molecule has 0 aliphatic carbocycles. The van der Waals surface area contributed by atoms with Gasteiger partial charge in [0.15, 0.2) is 0 Å². The van der Waals surface area contributed by atoms with Gasteiger partial charge in [0.05, 0.1) is 12.1 Å². The minimum absolute atomic E-state index is 0.142. The van der Waals surface area contributed by atoms with E-state index in [1.807, 2.05) is 0 Å². The molecule has 0 aliphatic heterocycles. The van der Waals surface area contributed by atoms with Gasteiger partial charge in [-0.3, -0.25) is 0 Å². The fraction of sp³-hybridized carbons (Fsp3) is 0.300. The van der Waals surface area contributed by atoms with Crippen molar-refractivity contribution in [2.24, 2.45) is 4.99 Å². The Kier molecular flexibility index (Phi) is 3.52. The molecule has 1 aromatic carbocycles. The van der Waals surface area contributed by atoms with Crippen LogP contribution in [0.4, 0.5) is 8.78 Å². The predicted molar refractivity (Wildman–Crippen MR) is 49.6 cm³/mol. The maximum Gasteiger partial charge on any atom is 0.267 e. The van der Waals surface area contributed by atoms with Gasteiger partial charge >= 0.3 is 0 Å². The molecule has 1 aromatic rings. The van der Waals surface area contributed by atoms with Crippen LogP contribution in [-0.2, 0) is 11.3 Å². The smallest absolute Gasteiger partial charge is 0.267 e. The monoisotopic (exact) mass is 213 g/mol. The molecule has 0 aromatic heterocycles. The molecular weight excluding hydrogens is 204 g/mol. The Morgan fingerprint density at radius 2 is 2.20 bits per heavy atom. The molecule has 0 spiro atoms. The predicted octanol–water partition coefficient (Wildman–Crippen LogP) is 2.47. The Labute approximate surface area is 85.1 Å². The standard InChI is InChI=1S/C10H9F2NO2/c1-6-2-7(4-13-5-14)9(15)8(3-6)10(11)12/h2-3,10,15H,4H2,1H3. The van der Waals surface area contributed by atoms with Crippen LogP contribution in [0.5, 0.6) is 5.75 Å². The van der Waals surface area contributed by atoms with Gasteiger partial charge in [0.25, 0.3) is 6.43 Å². The summed E-state index contributed by atoms with van der Waals surface area (Å²) in [5.74, 6) is -0.505. The third kappa shape index (κ3) is 2.60. The van der Waals surface area contributed by atoms with E-state index in [1.54, 1.807) is 6.92 Å². The number of halogens is 2. The van der Waals surface area contributed by atoms with Gasteiger partial charge in [0.1, 0.15) is 5.75 Å². The zero-order chi connectivity index (χ0) is 11.4. The molecule has 80 valence electrons. The lowest BCUT2D eigenvalue weighted by molar-refractivity contribution is 0.147. The zero-order valence-corrected chi connectivity index (χ0v) is 8.00. The summed E-state index contributed by atoms with van der Waals surface area (Å²) in [4.78, 5) is 13.1. The molecule has 0 atom stereocenters. The van der Waals surface area contributed by atoms with Crippen molar-refractivity contribution in [1.82, 2.24) is 0 Å². The highest BCUT2D eigenvalue weighted by Gasteiger charge is 2.16. The maximum absolute atomic E-state index is 12.4. The Morgan fingerprint density at radius 3 is 2.73 bits per heavy atom. The Balaban J connectivity index is 3.21. The minimum atomic E-state index is -2.75. The summed E-state index contributed by atoms with van der Waals surface area (Å²) in [6, 6.07) is 2.70. The van der Waals surface area contributed by atoms with Gasteiger partial charge in [0, 0.05) is 5.56 Å². The lowest BCUT2D eigenvalue weighted by atomic mass is 10.0. The first-order valence-corrected chi connectivity index (χ1v) is 4.20. The number of phenols is 1. The van der Waals surface area contributed by atoms with E-state index < -0.39 is 17.7 Å². The van der Waals surface area contributed by atoms with Crippen LogP contribution in [0.3, 0.4) is 0 Å². The van der Waals surface area contributed by atoms with Crippen molar-refractivity contribution < 1.29 is 18.7 Å². The van der Waals surface area contributed by atoms with Gasteiger partial charge in [-0.15, -0.1) is 0 Å². The molecule has 0 bridgehead atoms. The van der Waals surface area contributed by atoms with Gasteiger partial charge in [-0.1, -0.05) is 11.6 Å². The number of isocyanates is 1. The highest BCUT2D eigenvalue weighted by molar-refractivity contribution is 5.45. The van der Waals surface area contributed by atoms with Crippen LogP contribution in [0.2, 0.25) is 0 Å². The number of aromatic hydroxyl groups is 1. The fourth-order valence-corrected chi connectivity index (χ4v) is 1.29. The fourth-order valence-electron chi connectivity index (χ4n) is 1.29. The number of aliphatic imine (C=N–C) groups is 1. The normalized spacial score (nSPS) is 10.1. The molecule has 0 aliphatic rings. The average Bonchev–Trinajstić information content (AvgIpc) is 2.18. The number of phenolic OH excluding ortho intramolecular Hbond substituents is 1. The molecule has 1 rings (SSSR count). The molecule has 1 N–H and O–H groups in total. The highest BCUT2D eigenvalue weighted by Crippen LogP contribution is 2.32. The third-order valence-corrected chi connectivity index (χ3v) is 1.91. The van der Waals surface area contributed by atoms with Crippen LogP contribution >= 0.6 is 0 Å². The molecule has 0 saturated heterocycles. The Bertz CT molecular complexity index is 412. The summed E-state index contributed by atoms with van der Waals surface area (Å²) in [6.07, 6.45) is -1.46. The number of benzene rings is 1. The first kappa shape index (κ1) is 11.3. The summed E-state index contributed by atoms with van der Waals surface area (Å²) in [6.45, 7) is 1.48. The van der Waals surface area contributed by atoms with Gasteiger partial charge in [-0.2, -0.15) is 0 Å². The van der Waals surface area contributed by atoms with Crippen LogP contribution in [0, 0.1) is 6.92 Å². The zero-order valence-electron chi connectivity index (χ0n) is 8.00. The number of aryl methyl sites for hydroxylation is 1. The second-order valence-corrected chi connectivity index (χ2v) is 3.07. The molecule has 0 saturated carbocycles. The largest absolute Gasteiger partial charge is 0.507 e. The van der Waals surface area contributed by atoms with Crippen molar-refractivity contribution in [3.8, 4) is 5.75 Å². The van der Waals surface area contributed by atoms with Gasteiger partial charge in [-0.05, 0) is 13.0 Å². The van der Waals surface area contributed by atoms with E-state index in [4.69, 9.17) is 0 Å². The van der Waals surface area contributed by atoms with Gasteiger partial charge in [0.2, 0.25) is 6.08 Å². The number of rotatable bonds is 3. The summed E-state index contributed by atoms with van der Waals surface area (Å²) >= 11 is 0. The van der Waals surface area contributed by atoms with E-state index in [2.05, 4.69) is 4.99 Å². The molecule has 0 heterocycles. The summed E-state index contributed by atoms with van der Waals surface area (Å²) < 4.78 is 24.9. The molecular formula is C10H9F2NO2. The van der Waals surface area contributed by atoms with Crippen LogP contribution < -0.4 is 0 Å². The van der Waals surface area contributed by atoms with Crippen molar-refractivity contribution in [3.05, 3.63) is 28.8 Å². The second kappa shape index (κ2) is 4.66. The maximum atomic E-state index is 12.4. The third-order valence-electron chi connectivity index (χ3n) is 1.91. The second-order valence-electron chi connectivity index (χ2n) is 3.07. The Morgan fingerprint density at radius 1 is 1.53 bits per heavy atom. The number of hydrogen-bond donors (Lipinski definition) is 1. The number of hydrogen-bond acceptors (Lipinski definition) is 3. The van der Waals surface area contributed by atoms with Crippen LogP contribution in [0.1, 0.15) is 23.1 Å². The van der Waals surface area contributed by atoms with Crippen molar-refractivity contribution in [2.45, 2.75) is 19.9 Å². The van der Waals surface area contributed by atoms with Crippen molar-refractivity contribution in [1.29, 1.82) is 0 Å².